The van der Waals surface area contributed by atoms with Crippen LogP contribution in [0, 0.1) is 0 Å². The first-order valence-electron chi connectivity index (χ1n) is 9.75. The summed E-state index contributed by atoms with van der Waals surface area (Å²) in [6.45, 7) is 8.11. The van der Waals surface area contributed by atoms with Gasteiger partial charge in [-0.15, -0.1) is 0 Å². The Hall–Kier alpha value is -2.93. The van der Waals surface area contributed by atoms with Crippen molar-refractivity contribution < 1.29 is 14.3 Å². The summed E-state index contributed by atoms with van der Waals surface area (Å²) in [5.41, 5.74) is 2.45. The van der Waals surface area contributed by atoms with E-state index in [1.807, 2.05) is 36.4 Å². The van der Waals surface area contributed by atoms with Gasteiger partial charge in [0.1, 0.15) is 6.54 Å². The van der Waals surface area contributed by atoms with Crippen LogP contribution in [0.15, 0.2) is 53.5 Å². The zero-order chi connectivity index (χ0) is 20.8. The molecule has 3 rings (SSSR count). The average molecular weight is 412 g/mol. The van der Waals surface area contributed by atoms with Crippen molar-refractivity contribution in [2.75, 3.05) is 24.6 Å². The molecule has 152 valence electrons. The van der Waals surface area contributed by atoms with Crippen molar-refractivity contribution in [3.05, 3.63) is 58.9 Å². The smallest absolute Gasteiger partial charge is 0.326 e. The number of ether oxygens (including phenoxy) is 1. The topological polar surface area (TPSA) is 63.9 Å². The monoisotopic (exact) mass is 411 g/mol. The van der Waals surface area contributed by atoms with Crippen LogP contribution in [-0.4, -0.2) is 36.1 Å². The maximum absolute atomic E-state index is 12.8. The lowest BCUT2D eigenvalue weighted by Crippen LogP contribution is -2.23. The Kier molecular flexibility index (Phi) is 6.82. The zero-order valence-corrected chi connectivity index (χ0v) is 17.7. The van der Waals surface area contributed by atoms with Crippen LogP contribution in [0.5, 0.6) is 0 Å². The molecule has 7 heteroatoms. The summed E-state index contributed by atoms with van der Waals surface area (Å²) in [6, 6.07) is 15.1. The van der Waals surface area contributed by atoms with Crippen molar-refractivity contribution in [3.8, 4) is 0 Å². The molecule has 6 nitrogen and oxygen atoms in total. The Morgan fingerprint density at radius 2 is 1.72 bits per heavy atom. The second-order valence-electron chi connectivity index (χ2n) is 6.38. The summed E-state index contributed by atoms with van der Waals surface area (Å²) in [5.74, 6) is -0.686. The van der Waals surface area contributed by atoms with Crippen LogP contribution in [0.2, 0.25) is 0 Å². The van der Waals surface area contributed by atoms with Crippen molar-refractivity contribution >= 4 is 39.1 Å². The predicted molar refractivity (Wildman–Crippen MR) is 116 cm³/mol. The lowest BCUT2D eigenvalue weighted by Gasteiger charge is -2.20. The standard InChI is InChI=1S/C22H25N3O3S/c1-4-24(5-2)17-13-11-16(12-14-17)21(27)23-22-25(15-20(26)28-6-3)18-9-7-8-10-19(18)29-22/h7-14H,4-6,15H2,1-3H3. The number of amides is 1. The van der Waals surface area contributed by atoms with Crippen molar-refractivity contribution in [2.45, 2.75) is 27.3 Å². The Bertz CT molecular complexity index is 1060. The molecule has 1 heterocycles. The van der Waals surface area contributed by atoms with E-state index in [0.29, 0.717) is 17.0 Å². The summed E-state index contributed by atoms with van der Waals surface area (Å²) in [4.78, 5) is 31.8. The van der Waals surface area contributed by atoms with E-state index < -0.39 is 0 Å². The molecular formula is C22H25N3O3S. The molecule has 0 aliphatic rings. The molecule has 0 aliphatic carbocycles. The highest BCUT2D eigenvalue weighted by atomic mass is 32.1. The molecule has 1 aromatic heterocycles. The molecule has 0 aliphatic heterocycles. The molecule has 0 unspecified atom stereocenters. The maximum Gasteiger partial charge on any atom is 0.326 e. The van der Waals surface area contributed by atoms with Gasteiger partial charge in [0.15, 0.2) is 4.80 Å². The van der Waals surface area contributed by atoms with Gasteiger partial charge in [0.05, 0.1) is 16.8 Å². The lowest BCUT2D eigenvalue weighted by molar-refractivity contribution is -0.143. The number of rotatable bonds is 7. The predicted octanol–water partition coefficient (Wildman–Crippen LogP) is 3.85. The highest BCUT2D eigenvalue weighted by Crippen LogP contribution is 2.18. The quantitative estimate of drug-likeness (QED) is 0.554. The first kappa shape index (κ1) is 20.8. The zero-order valence-electron chi connectivity index (χ0n) is 16.9. The maximum atomic E-state index is 12.8. The molecular weight excluding hydrogens is 386 g/mol. The van der Waals surface area contributed by atoms with Gasteiger partial charge >= 0.3 is 5.97 Å². The number of nitrogens with zero attached hydrogens (tertiary/aromatic N) is 3. The number of fused-ring (bicyclic) bond motifs is 1. The van der Waals surface area contributed by atoms with Gasteiger partial charge in [-0.2, -0.15) is 4.99 Å². The summed E-state index contributed by atoms with van der Waals surface area (Å²) in [7, 11) is 0. The fraction of sp³-hybridized carbons (Fsp3) is 0.318. The summed E-state index contributed by atoms with van der Waals surface area (Å²) < 4.78 is 7.77. The third-order valence-electron chi connectivity index (χ3n) is 4.62. The van der Waals surface area contributed by atoms with Gasteiger partial charge in [-0.1, -0.05) is 23.5 Å². The largest absolute Gasteiger partial charge is 0.465 e. The molecule has 0 saturated carbocycles. The molecule has 0 spiro atoms. The van der Waals surface area contributed by atoms with Gasteiger partial charge in [0.2, 0.25) is 0 Å². The minimum Gasteiger partial charge on any atom is -0.465 e. The van der Waals surface area contributed by atoms with E-state index in [9.17, 15) is 9.59 Å². The van der Waals surface area contributed by atoms with Crippen LogP contribution in [-0.2, 0) is 16.1 Å². The van der Waals surface area contributed by atoms with Crippen molar-refractivity contribution in [1.82, 2.24) is 4.57 Å². The van der Waals surface area contributed by atoms with Crippen molar-refractivity contribution in [3.63, 3.8) is 0 Å². The number of para-hydroxylation sites is 1. The van der Waals surface area contributed by atoms with E-state index in [0.717, 1.165) is 29.0 Å². The van der Waals surface area contributed by atoms with Gasteiger partial charge in [-0.25, -0.2) is 0 Å². The van der Waals surface area contributed by atoms with E-state index in [1.54, 1.807) is 23.6 Å². The SMILES string of the molecule is CCOC(=O)Cn1c(=NC(=O)c2ccc(N(CC)CC)cc2)sc2ccccc21. The lowest BCUT2D eigenvalue weighted by atomic mass is 10.2. The number of hydrogen-bond acceptors (Lipinski definition) is 5. The minimum absolute atomic E-state index is 0.0187. The number of hydrogen-bond donors (Lipinski definition) is 0. The Balaban J connectivity index is 1.96. The first-order valence-corrected chi connectivity index (χ1v) is 10.6. The van der Waals surface area contributed by atoms with Crippen LogP contribution < -0.4 is 9.70 Å². The Morgan fingerprint density at radius 1 is 1.03 bits per heavy atom. The van der Waals surface area contributed by atoms with Crippen LogP contribution in [0.25, 0.3) is 10.2 Å². The molecule has 1 amide bonds. The first-order chi connectivity index (χ1) is 14.1. The number of benzene rings is 2. The van der Waals surface area contributed by atoms with Crippen molar-refractivity contribution in [2.24, 2.45) is 4.99 Å². The number of thiazole rings is 1. The highest BCUT2D eigenvalue weighted by Gasteiger charge is 2.13. The van der Waals surface area contributed by atoms with Crippen molar-refractivity contribution in [1.29, 1.82) is 0 Å². The van der Waals surface area contributed by atoms with Gasteiger partial charge in [-0.05, 0) is 57.2 Å². The molecule has 3 aromatic rings. The summed E-state index contributed by atoms with van der Waals surface area (Å²) in [5, 5.41) is 0. The second-order valence-corrected chi connectivity index (χ2v) is 7.39. The number of aromatic nitrogens is 1. The van der Waals surface area contributed by atoms with E-state index in [2.05, 4.69) is 23.7 Å². The van der Waals surface area contributed by atoms with Crippen LogP contribution >= 0.6 is 11.3 Å². The fourth-order valence-corrected chi connectivity index (χ4v) is 4.18. The fourth-order valence-electron chi connectivity index (χ4n) is 3.15. The molecule has 2 aromatic carbocycles. The highest BCUT2D eigenvalue weighted by molar-refractivity contribution is 7.16. The second kappa shape index (κ2) is 9.52. The van der Waals surface area contributed by atoms with Crippen LogP contribution in [0.1, 0.15) is 31.1 Å². The van der Waals surface area contributed by atoms with Gasteiger partial charge in [0, 0.05) is 24.3 Å². The number of carbonyl (C=O) groups excluding carboxylic acids is 2. The third kappa shape index (κ3) is 4.74. The van der Waals surface area contributed by atoms with E-state index in [-0.39, 0.29) is 18.4 Å². The Morgan fingerprint density at radius 3 is 2.38 bits per heavy atom. The average Bonchev–Trinajstić information content (AvgIpc) is 3.06. The summed E-state index contributed by atoms with van der Waals surface area (Å²) in [6.07, 6.45) is 0. The minimum atomic E-state index is -0.353. The third-order valence-corrected chi connectivity index (χ3v) is 5.68. The molecule has 0 bridgehead atoms. The van der Waals surface area contributed by atoms with Crippen LogP contribution in [0.4, 0.5) is 5.69 Å². The Labute approximate surface area is 174 Å². The molecule has 0 atom stereocenters. The van der Waals surface area contributed by atoms with E-state index in [4.69, 9.17) is 4.74 Å². The molecule has 0 N–H and O–H groups in total. The normalized spacial score (nSPS) is 11.6. The number of esters is 1. The number of anilines is 1. The van der Waals surface area contributed by atoms with Gasteiger partial charge < -0.3 is 14.2 Å². The molecule has 0 saturated heterocycles. The van der Waals surface area contributed by atoms with Gasteiger partial charge in [0.25, 0.3) is 5.91 Å². The van der Waals surface area contributed by atoms with E-state index >= 15 is 0 Å². The van der Waals surface area contributed by atoms with E-state index in [1.165, 1.54) is 11.3 Å². The summed E-state index contributed by atoms with van der Waals surface area (Å²) >= 11 is 1.38. The number of carbonyl (C=O) groups is 2. The van der Waals surface area contributed by atoms with Crippen LogP contribution in [0.3, 0.4) is 0 Å². The molecule has 29 heavy (non-hydrogen) atoms. The molecule has 0 fully saturated rings. The van der Waals surface area contributed by atoms with Gasteiger partial charge in [-0.3, -0.25) is 9.59 Å². The molecule has 0 radical (unpaired) electrons.